The van der Waals surface area contributed by atoms with Crippen LogP contribution in [0.3, 0.4) is 0 Å². The van der Waals surface area contributed by atoms with Crippen molar-refractivity contribution in [2.45, 2.75) is 20.3 Å². The summed E-state index contributed by atoms with van der Waals surface area (Å²) in [5.41, 5.74) is 1.01. The number of carbonyl (C=O) groups is 1. The first kappa shape index (κ1) is 9.50. The standard InChI is InChI=1S/C7H11ClO2/c1-7(2,3-4-8)5-6(9)10/h3-4H,5H2,1-2H3,(H,9,10). The monoisotopic (exact) mass is 162 g/mol. The number of halogens is 1. The molecule has 0 fully saturated rings. The highest BCUT2D eigenvalue weighted by molar-refractivity contribution is 6.25. The number of hydrogen-bond acceptors (Lipinski definition) is 1. The molecule has 0 unspecified atom stereocenters. The first-order valence-electron chi connectivity index (χ1n) is 2.98. The van der Waals surface area contributed by atoms with Gasteiger partial charge in [0.05, 0.1) is 6.42 Å². The fourth-order valence-electron chi connectivity index (χ4n) is 0.619. The van der Waals surface area contributed by atoms with Gasteiger partial charge < -0.3 is 5.11 Å². The molecular weight excluding hydrogens is 152 g/mol. The molecule has 1 N–H and O–H groups in total. The fraction of sp³-hybridized carbons (Fsp3) is 0.571. The molecule has 0 heterocycles. The van der Waals surface area contributed by atoms with Crippen LogP contribution in [-0.2, 0) is 4.79 Å². The van der Waals surface area contributed by atoms with Gasteiger partial charge in [-0.05, 0) is 5.41 Å². The van der Waals surface area contributed by atoms with E-state index in [0.717, 1.165) is 0 Å². The molecule has 3 heteroatoms. The van der Waals surface area contributed by atoms with Crippen molar-refractivity contribution in [3.8, 4) is 0 Å². The molecule has 58 valence electrons. The molecule has 0 rings (SSSR count). The van der Waals surface area contributed by atoms with Gasteiger partial charge in [-0.15, -0.1) is 0 Å². The highest BCUT2D eigenvalue weighted by atomic mass is 35.5. The molecule has 0 saturated heterocycles. The van der Waals surface area contributed by atoms with E-state index in [1.54, 1.807) is 6.08 Å². The van der Waals surface area contributed by atoms with Crippen LogP contribution in [0.25, 0.3) is 0 Å². The number of carboxylic acid groups (broad SMARTS) is 1. The Labute approximate surface area is 65.5 Å². The Bertz CT molecular complexity index is 150. The third-order valence-electron chi connectivity index (χ3n) is 1.12. The van der Waals surface area contributed by atoms with Crippen LogP contribution in [0, 0.1) is 5.41 Å². The van der Waals surface area contributed by atoms with Gasteiger partial charge >= 0.3 is 5.97 Å². The van der Waals surface area contributed by atoms with Gasteiger partial charge in [-0.1, -0.05) is 31.5 Å². The Morgan fingerprint density at radius 2 is 2.20 bits per heavy atom. The van der Waals surface area contributed by atoms with Crippen molar-refractivity contribution in [3.05, 3.63) is 11.6 Å². The van der Waals surface area contributed by atoms with E-state index < -0.39 is 5.97 Å². The zero-order chi connectivity index (χ0) is 8.20. The highest BCUT2D eigenvalue weighted by Crippen LogP contribution is 2.21. The molecule has 0 bridgehead atoms. The molecule has 10 heavy (non-hydrogen) atoms. The number of carboxylic acids is 1. The van der Waals surface area contributed by atoms with Gasteiger partial charge in [0.2, 0.25) is 0 Å². The molecule has 0 aromatic rings. The van der Waals surface area contributed by atoms with Crippen LogP contribution >= 0.6 is 11.6 Å². The van der Waals surface area contributed by atoms with E-state index >= 15 is 0 Å². The fourth-order valence-corrected chi connectivity index (χ4v) is 0.960. The van der Waals surface area contributed by atoms with Gasteiger partial charge in [-0.3, -0.25) is 4.79 Å². The largest absolute Gasteiger partial charge is 0.481 e. The van der Waals surface area contributed by atoms with Gasteiger partial charge in [-0.2, -0.15) is 0 Å². The van der Waals surface area contributed by atoms with E-state index in [1.165, 1.54) is 5.54 Å². The summed E-state index contributed by atoms with van der Waals surface area (Å²) in [4.78, 5) is 10.2. The Morgan fingerprint density at radius 3 is 2.50 bits per heavy atom. The SMILES string of the molecule is CC(C)(C=CCl)CC(=O)O. The van der Waals surface area contributed by atoms with Crippen molar-refractivity contribution < 1.29 is 9.90 Å². The van der Waals surface area contributed by atoms with Crippen LogP contribution in [0.5, 0.6) is 0 Å². The minimum atomic E-state index is -0.806. The predicted molar refractivity (Wildman–Crippen MR) is 41.0 cm³/mol. The zero-order valence-corrected chi connectivity index (χ0v) is 6.85. The van der Waals surface area contributed by atoms with Crippen molar-refractivity contribution in [2.75, 3.05) is 0 Å². The molecule has 0 spiro atoms. The van der Waals surface area contributed by atoms with Crippen LogP contribution in [0.15, 0.2) is 11.6 Å². The summed E-state index contributed by atoms with van der Waals surface area (Å²) in [7, 11) is 0. The second-order valence-electron chi connectivity index (χ2n) is 2.85. The van der Waals surface area contributed by atoms with Crippen molar-refractivity contribution in [1.29, 1.82) is 0 Å². The van der Waals surface area contributed by atoms with Crippen LogP contribution in [0.1, 0.15) is 20.3 Å². The van der Waals surface area contributed by atoms with Gasteiger partial charge in [0.1, 0.15) is 0 Å². The van der Waals surface area contributed by atoms with Crippen LogP contribution in [0.4, 0.5) is 0 Å². The first-order valence-corrected chi connectivity index (χ1v) is 3.41. The number of allylic oxidation sites excluding steroid dienone is 1. The quantitative estimate of drug-likeness (QED) is 0.691. The van der Waals surface area contributed by atoms with E-state index in [0.29, 0.717) is 0 Å². The van der Waals surface area contributed by atoms with Crippen molar-refractivity contribution in [2.24, 2.45) is 5.41 Å². The van der Waals surface area contributed by atoms with E-state index in [1.807, 2.05) is 13.8 Å². The van der Waals surface area contributed by atoms with E-state index in [2.05, 4.69) is 0 Å². The minimum Gasteiger partial charge on any atom is -0.481 e. The smallest absolute Gasteiger partial charge is 0.304 e. The molecule has 0 aliphatic rings. The van der Waals surface area contributed by atoms with E-state index in [9.17, 15) is 4.79 Å². The second-order valence-corrected chi connectivity index (χ2v) is 3.10. The van der Waals surface area contributed by atoms with E-state index in [-0.39, 0.29) is 11.8 Å². The Hall–Kier alpha value is -0.500. The minimum absolute atomic E-state index is 0.107. The average Bonchev–Trinajstić information content (AvgIpc) is 1.59. The molecule has 0 aliphatic heterocycles. The van der Waals surface area contributed by atoms with Crippen molar-refractivity contribution in [3.63, 3.8) is 0 Å². The molecule has 0 aliphatic carbocycles. The molecule has 0 aromatic heterocycles. The Balaban J connectivity index is 3.99. The summed E-state index contributed by atoms with van der Waals surface area (Å²) in [6.45, 7) is 3.64. The summed E-state index contributed by atoms with van der Waals surface area (Å²) in [5, 5.41) is 8.40. The lowest BCUT2D eigenvalue weighted by Gasteiger charge is -2.15. The molecule has 0 saturated carbocycles. The summed E-state index contributed by atoms with van der Waals surface area (Å²) >= 11 is 5.30. The van der Waals surface area contributed by atoms with Crippen LogP contribution in [-0.4, -0.2) is 11.1 Å². The Morgan fingerprint density at radius 1 is 1.70 bits per heavy atom. The molecule has 0 radical (unpaired) electrons. The number of aliphatic carboxylic acids is 1. The third kappa shape index (κ3) is 4.39. The summed E-state index contributed by atoms with van der Waals surface area (Å²) in [6.07, 6.45) is 1.78. The zero-order valence-electron chi connectivity index (χ0n) is 6.10. The molecule has 0 amide bonds. The average molecular weight is 163 g/mol. The summed E-state index contributed by atoms with van der Waals surface area (Å²) in [6, 6.07) is 0. The highest BCUT2D eigenvalue weighted by Gasteiger charge is 2.17. The molecule has 0 aromatic carbocycles. The molecule has 0 atom stereocenters. The molecule has 2 nitrogen and oxygen atoms in total. The number of hydrogen-bond donors (Lipinski definition) is 1. The number of rotatable bonds is 3. The Kier molecular flexibility index (Phi) is 3.43. The van der Waals surface area contributed by atoms with Crippen molar-refractivity contribution in [1.82, 2.24) is 0 Å². The van der Waals surface area contributed by atoms with Gasteiger partial charge in [-0.25, -0.2) is 0 Å². The lowest BCUT2D eigenvalue weighted by atomic mass is 9.90. The predicted octanol–water partition coefficient (Wildman–Crippen LogP) is 2.24. The maximum Gasteiger partial charge on any atom is 0.304 e. The molecular formula is C7H11ClO2. The maximum absolute atomic E-state index is 10.2. The summed E-state index contributed by atoms with van der Waals surface area (Å²) < 4.78 is 0. The van der Waals surface area contributed by atoms with Crippen LogP contribution in [0.2, 0.25) is 0 Å². The third-order valence-corrected chi connectivity index (χ3v) is 1.25. The van der Waals surface area contributed by atoms with Crippen molar-refractivity contribution >= 4 is 17.6 Å². The topological polar surface area (TPSA) is 37.3 Å². The second kappa shape index (κ2) is 3.62. The maximum atomic E-state index is 10.2. The van der Waals surface area contributed by atoms with E-state index in [4.69, 9.17) is 16.7 Å². The van der Waals surface area contributed by atoms with Gasteiger partial charge in [0.15, 0.2) is 0 Å². The normalized spacial score (nSPS) is 12.3. The van der Waals surface area contributed by atoms with Gasteiger partial charge in [0, 0.05) is 5.54 Å². The lowest BCUT2D eigenvalue weighted by molar-refractivity contribution is -0.138. The summed E-state index contributed by atoms with van der Waals surface area (Å²) in [5.74, 6) is -0.806. The van der Waals surface area contributed by atoms with Crippen LogP contribution < -0.4 is 0 Å². The van der Waals surface area contributed by atoms with Gasteiger partial charge in [0.25, 0.3) is 0 Å². The first-order chi connectivity index (χ1) is 4.48. The lowest BCUT2D eigenvalue weighted by Crippen LogP contribution is -2.13.